The molecule has 0 fully saturated rings. The molecule has 0 amide bonds. The van der Waals surface area contributed by atoms with Crippen molar-refractivity contribution >= 4 is 0 Å². The van der Waals surface area contributed by atoms with E-state index < -0.39 is 0 Å². The molecule has 0 aliphatic rings. The summed E-state index contributed by atoms with van der Waals surface area (Å²) < 4.78 is 0. The summed E-state index contributed by atoms with van der Waals surface area (Å²) in [6, 6.07) is 0.617. The summed E-state index contributed by atoms with van der Waals surface area (Å²) in [7, 11) is 4.33. The van der Waals surface area contributed by atoms with Crippen LogP contribution in [0.4, 0.5) is 0 Å². The molecule has 3 nitrogen and oxygen atoms in total. The summed E-state index contributed by atoms with van der Waals surface area (Å²) in [6.07, 6.45) is 2.56. The van der Waals surface area contributed by atoms with Gasteiger partial charge in [-0.05, 0) is 51.9 Å². The van der Waals surface area contributed by atoms with E-state index in [1.54, 1.807) is 0 Å². The van der Waals surface area contributed by atoms with E-state index in [4.69, 9.17) is 0 Å². The van der Waals surface area contributed by atoms with Gasteiger partial charge < -0.3 is 10.2 Å². The molecule has 0 rings (SSSR count). The van der Waals surface area contributed by atoms with Crippen LogP contribution < -0.4 is 5.32 Å². The van der Waals surface area contributed by atoms with Crippen molar-refractivity contribution in [3.8, 4) is 0 Å². The molecule has 0 spiro atoms. The molecule has 2 unspecified atom stereocenters. The van der Waals surface area contributed by atoms with Crippen molar-refractivity contribution < 1.29 is 0 Å². The summed E-state index contributed by atoms with van der Waals surface area (Å²) >= 11 is 0. The second kappa shape index (κ2) is 10.6. The van der Waals surface area contributed by atoms with E-state index >= 15 is 0 Å². The Labute approximate surface area is 134 Å². The van der Waals surface area contributed by atoms with Gasteiger partial charge in [0, 0.05) is 25.7 Å². The molecule has 21 heavy (non-hydrogen) atoms. The minimum atomic E-state index is 0.375. The van der Waals surface area contributed by atoms with Crippen LogP contribution in [0, 0.1) is 11.3 Å². The number of nitrogens with one attached hydrogen (secondary N) is 1. The number of hydrogen-bond acceptors (Lipinski definition) is 3. The monoisotopic (exact) mass is 299 g/mol. The van der Waals surface area contributed by atoms with Gasteiger partial charge >= 0.3 is 0 Å². The highest BCUT2D eigenvalue weighted by Gasteiger charge is 2.27. The van der Waals surface area contributed by atoms with Crippen LogP contribution in [0.3, 0.4) is 0 Å². The molecule has 0 aliphatic heterocycles. The minimum absolute atomic E-state index is 0.375. The number of rotatable bonds is 12. The third-order valence-electron chi connectivity index (χ3n) is 4.20. The first-order valence-corrected chi connectivity index (χ1v) is 8.83. The van der Waals surface area contributed by atoms with Crippen molar-refractivity contribution in [2.24, 2.45) is 11.3 Å². The summed E-state index contributed by atoms with van der Waals surface area (Å²) in [5, 5.41) is 3.68. The highest BCUT2D eigenvalue weighted by Crippen LogP contribution is 2.25. The Morgan fingerprint density at radius 2 is 1.71 bits per heavy atom. The highest BCUT2D eigenvalue weighted by molar-refractivity contribution is 4.83. The van der Waals surface area contributed by atoms with Gasteiger partial charge in [-0.1, -0.05) is 41.0 Å². The SMILES string of the molecule is CCCC(C)(CNCC(C)C)CN(CC)C(C)CN(C)C. The van der Waals surface area contributed by atoms with Gasteiger partial charge in [-0.2, -0.15) is 0 Å². The average molecular weight is 300 g/mol. The Hall–Kier alpha value is -0.120. The van der Waals surface area contributed by atoms with Crippen molar-refractivity contribution in [1.82, 2.24) is 15.1 Å². The maximum Gasteiger partial charge on any atom is 0.0194 e. The average Bonchev–Trinajstić information content (AvgIpc) is 2.35. The molecular formula is C18H41N3. The molecule has 0 radical (unpaired) electrons. The van der Waals surface area contributed by atoms with Gasteiger partial charge in [-0.25, -0.2) is 0 Å². The summed E-state index contributed by atoms with van der Waals surface area (Å²) in [6.45, 7) is 19.7. The fraction of sp³-hybridized carbons (Fsp3) is 1.00. The topological polar surface area (TPSA) is 18.5 Å². The van der Waals surface area contributed by atoms with Gasteiger partial charge in [0.2, 0.25) is 0 Å². The third-order valence-corrected chi connectivity index (χ3v) is 4.20. The van der Waals surface area contributed by atoms with Gasteiger partial charge in [0.25, 0.3) is 0 Å². The standard InChI is InChI=1S/C18H41N3/c1-9-11-18(6,14-19-12-16(3)4)15-21(10-2)17(5)13-20(7)8/h16-17,19H,9-15H2,1-8H3. The normalized spacial score (nSPS) is 16.7. The predicted molar refractivity (Wildman–Crippen MR) is 96.0 cm³/mol. The lowest BCUT2D eigenvalue weighted by molar-refractivity contribution is 0.106. The van der Waals surface area contributed by atoms with E-state index in [2.05, 4.69) is 70.8 Å². The zero-order valence-electron chi connectivity index (χ0n) is 16.0. The van der Waals surface area contributed by atoms with E-state index in [9.17, 15) is 0 Å². The molecule has 0 aromatic heterocycles. The molecule has 0 saturated carbocycles. The van der Waals surface area contributed by atoms with Crippen LogP contribution in [-0.2, 0) is 0 Å². The minimum Gasteiger partial charge on any atom is -0.316 e. The Bertz CT molecular complexity index is 253. The molecule has 0 heterocycles. The lowest BCUT2D eigenvalue weighted by Crippen LogP contribution is -2.48. The maximum absolute atomic E-state index is 3.68. The van der Waals surface area contributed by atoms with E-state index in [0.29, 0.717) is 11.5 Å². The lowest BCUT2D eigenvalue weighted by Gasteiger charge is -2.39. The first kappa shape index (κ1) is 20.9. The molecular weight excluding hydrogens is 258 g/mol. The quantitative estimate of drug-likeness (QED) is 0.596. The van der Waals surface area contributed by atoms with Gasteiger partial charge in [-0.3, -0.25) is 4.90 Å². The third kappa shape index (κ3) is 9.49. The first-order valence-electron chi connectivity index (χ1n) is 8.83. The van der Waals surface area contributed by atoms with Crippen LogP contribution in [0.15, 0.2) is 0 Å². The van der Waals surface area contributed by atoms with Crippen LogP contribution in [0.1, 0.15) is 54.4 Å². The Morgan fingerprint density at radius 3 is 2.14 bits per heavy atom. The number of likely N-dealkylation sites (N-methyl/N-ethyl adjacent to an activating group) is 2. The van der Waals surface area contributed by atoms with Crippen LogP contribution in [0.2, 0.25) is 0 Å². The molecule has 128 valence electrons. The van der Waals surface area contributed by atoms with Crippen LogP contribution in [-0.4, -0.2) is 62.7 Å². The number of hydrogen-bond donors (Lipinski definition) is 1. The molecule has 2 atom stereocenters. The Kier molecular flexibility index (Phi) is 10.5. The van der Waals surface area contributed by atoms with Crippen LogP contribution in [0.25, 0.3) is 0 Å². The molecule has 0 saturated heterocycles. The largest absolute Gasteiger partial charge is 0.316 e. The van der Waals surface area contributed by atoms with E-state index in [-0.39, 0.29) is 0 Å². The molecule has 3 heteroatoms. The van der Waals surface area contributed by atoms with Crippen LogP contribution >= 0.6 is 0 Å². The fourth-order valence-electron chi connectivity index (χ4n) is 3.20. The predicted octanol–water partition coefficient (Wildman–Crippen LogP) is 3.31. The van der Waals surface area contributed by atoms with Crippen molar-refractivity contribution in [3.05, 3.63) is 0 Å². The first-order chi connectivity index (χ1) is 9.74. The summed E-state index contributed by atoms with van der Waals surface area (Å²) in [5.74, 6) is 0.728. The van der Waals surface area contributed by atoms with Gasteiger partial charge in [-0.15, -0.1) is 0 Å². The van der Waals surface area contributed by atoms with Crippen molar-refractivity contribution in [1.29, 1.82) is 0 Å². The maximum atomic E-state index is 3.68. The summed E-state index contributed by atoms with van der Waals surface area (Å²) in [5.41, 5.74) is 0.375. The van der Waals surface area contributed by atoms with Crippen molar-refractivity contribution in [3.63, 3.8) is 0 Å². The lowest BCUT2D eigenvalue weighted by atomic mass is 9.84. The van der Waals surface area contributed by atoms with Crippen LogP contribution in [0.5, 0.6) is 0 Å². The second-order valence-electron chi connectivity index (χ2n) is 7.76. The smallest absolute Gasteiger partial charge is 0.0194 e. The Balaban J connectivity index is 4.60. The molecule has 0 bridgehead atoms. The molecule has 0 aromatic carbocycles. The van der Waals surface area contributed by atoms with Crippen molar-refractivity contribution in [2.45, 2.75) is 60.4 Å². The Morgan fingerprint density at radius 1 is 1.10 bits per heavy atom. The number of nitrogens with zero attached hydrogens (tertiary/aromatic N) is 2. The fourth-order valence-corrected chi connectivity index (χ4v) is 3.20. The molecule has 0 aromatic rings. The van der Waals surface area contributed by atoms with Gasteiger partial charge in [0.05, 0.1) is 0 Å². The molecule has 0 aliphatic carbocycles. The zero-order valence-corrected chi connectivity index (χ0v) is 16.0. The van der Waals surface area contributed by atoms with E-state index in [1.807, 2.05) is 0 Å². The van der Waals surface area contributed by atoms with Gasteiger partial charge in [0.15, 0.2) is 0 Å². The second-order valence-corrected chi connectivity index (χ2v) is 7.76. The van der Waals surface area contributed by atoms with E-state index in [0.717, 1.165) is 32.1 Å². The zero-order chi connectivity index (χ0) is 16.5. The van der Waals surface area contributed by atoms with Crippen molar-refractivity contribution in [2.75, 3.05) is 46.8 Å². The molecule has 1 N–H and O–H groups in total. The summed E-state index contributed by atoms with van der Waals surface area (Å²) in [4.78, 5) is 4.94. The van der Waals surface area contributed by atoms with Gasteiger partial charge in [0.1, 0.15) is 0 Å². The highest BCUT2D eigenvalue weighted by atomic mass is 15.2. The van der Waals surface area contributed by atoms with E-state index in [1.165, 1.54) is 19.4 Å².